The smallest absolute Gasteiger partial charge is 0.328 e. The van der Waals surface area contributed by atoms with Gasteiger partial charge in [0.1, 0.15) is 6.61 Å². The highest BCUT2D eigenvalue weighted by molar-refractivity contribution is 5.86. The lowest BCUT2D eigenvalue weighted by Crippen LogP contribution is -2.12. The summed E-state index contributed by atoms with van der Waals surface area (Å²) in [5, 5.41) is 0. The third-order valence-electron chi connectivity index (χ3n) is 0.684. The van der Waals surface area contributed by atoms with Crippen molar-refractivity contribution in [1.29, 1.82) is 0 Å². The van der Waals surface area contributed by atoms with E-state index in [-0.39, 0.29) is 19.0 Å². The highest BCUT2D eigenvalue weighted by Crippen LogP contribution is 1.91. The van der Waals surface area contributed by atoms with Gasteiger partial charge in [-0.05, 0) is 6.92 Å². The minimum absolute atomic E-state index is 0. The molecule has 0 aliphatic carbocycles. The Morgan fingerprint density at radius 2 is 2.18 bits per heavy atom. The van der Waals surface area contributed by atoms with E-state index >= 15 is 0 Å². The number of hydrogen-bond donors (Lipinski definition) is 1. The Hall–Kier alpha value is -0.580. The number of hydrogen-bond acceptors (Lipinski definition) is 4. The number of carbonyl (C=O) groups is 1. The quantitative estimate of drug-likeness (QED) is 0.296. The average Bonchev–Trinajstić information content (AvgIpc) is 1.88. The van der Waals surface area contributed by atoms with E-state index in [2.05, 4.69) is 16.4 Å². The number of halogens is 1. The molecule has 0 heterocycles. The lowest BCUT2D eigenvalue weighted by atomic mass is 10.4. The van der Waals surface area contributed by atoms with Gasteiger partial charge in [-0.1, -0.05) is 6.58 Å². The molecule has 0 saturated heterocycles. The van der Waals surface area contributed by atoms with E-state index in [1.54, 1.807) is 0 Å². The molecular weight excluding hydrogens is 170 g/mol. The summed E-state index contributed by atoms with van der Waals surface area (Å²) >= 11 is 0. The van der Waals surface area contributed by atoms with Gasteiger partial charge in [-0.15, -0.1) is 12.4 Å². The first kappa shape index (κ1) is 13.0. The largest absolute Gasteiger partial charge is 0.368 e. The Labute approximate surface area is 71.7 Å². The van der Waals surface area contributed by atoms with Gasteiger partial charge in [0.2, 0.25) is 0 Å². The van der Waals surface area contributed by atoms with Crippen LogP contribution in [0, 0.1) is 0 Å². The minimum Gasteiger partial charge on any atom is -0.328 e. The summed E-state index contributed by atoms with van der Waals surface area (Å²) < 4.78 is 0. The molecule has 4 nitrogen and oxygen atoms in total. The molecule has 0 aliphatic rings. The van der Waals surface area contributed by atoms with Gasteiger partial charge >= 0.3 is 5.97 Å². The van der Waals surface area contributed by atoms with E-state index in [0.29, 0.717) is 12.1 Å². The third-order valence-corrected chi connectivity index (χ3v) is 0.684. The van der Waals surface area contributed by atoms with Gasteiger partial charge < -0.3 is 5.73 Å². The molecule has 0 aromatic carbocycles. The van der Waals surface area contributed by atoms with Crippen molar-refractivity contribution < 1.29 is 14.6 Å². The van der Waals surface area contributed by atoms with Crippen molar-refractivity contribution in [2.75, 3.05) is 13.2 Å². The summed E-state index contributed by atoms with van der Waals surface area (Å²) in [6, 6.07) is 0. The highest BCUT2D eigenvalue weighted by Gasteiger charge is 2.02. The Morgan fingerprint density at radius 3 is 2.55 bits per heavy atom. The Kier molecular flexibility index (Phi) is 8.92. The fraction of sp³-hybridized carbons (Fsp3) is 0.500. The molecule has 66 valence electrons. The average molecular weight is 182 g/mol. The topological polar surface area (TPSA) is 61.5 Å². The van der Waals surface area contributed by atoms with E-state index in [0.717, 1.165) is 0 Å². The van der Waals surface area contributed by atoms with Crippen molar-refractivity contribution in [2.24, 2.45) is 5.73 Å². The van der Waals surface area contributed by atoms with Crippen LogP contribution in [0.1, 0.15) is 6.92 Å². The minimum atomic E-state index is -0.562. The number of carbonyl (C=O) groups excluding carboxylic acids is 1. The molecule has 5 heteroatoms. The maximum absolute atomic E-state index is 10.5. The monoisotopic (exact) mass is 181 g/mol. The first-order chi connectivity index (χ1) is 4.68. The molecule has 0 aromatic rings. The van der Waals surface area contributed by atoms with Gasteiger partial charge in [-0.25, -0.2) is 4.79 Å². The van der Waals surface area contributed by atoms with Gasteiger partial charge in [0.15, 0.2) is 0 Å². The fourth-order valence-electron chi connectivity index (χ4n) is 0.214. The van der Waals surface area contributed by atoms with Crippen LogP contribution < -0.4 is 5.73 Å². The lowest BCUT2D eigenvalue weighted by Gasteiger charge is -1.99. The van der Waals surface area contributed by atoms with Crippen LogP contribution in [0.2, 0.25) is 0 Å². The van der Waals surface area contributed by atoms with Crippen LogP contribution >= 0.6 is 12.4 Å². The molecule has 11 heavy (non-hydrogen) atoms. The summed E-state index contributed by atoms with van der Waals surface area (Å²) in [4.78, 5) is 19.1. The molecule has 0 atom stereocenters. The standard InChI is InChI=1S/C6H11NO3.ClH/c1-5(2)6(8)10-9-4-3-7;/h1,3-4,7H2,2H3;1H. The molecule has 0 aromatic heterocycles. The van der Waals surface area contributed by atoms with Crippen LogP contribution in [0.25, 0.3) is 0 Å². The van der Waals surface area contributed by atoms with E-state index < -0.39 is 5.97 Å². The van der Waals surface area contributed by atoms with Gasteiger partial charge in [0.05, 0.1) is 0 Å². The summed E-state index contributed by atoms with van der Waals surface area (Å²) in [6.07, 6.45) is 0. The number of rotatable bonds is 4. The first-order valence-electron chi connectivity index (χ1n) is 2.88. The van der Waals surface area contributed by atoms with Gasteiger partial charge in [0, 0.05) is 12.1 Å². The van der Waals surface area contributed by atoms with Crippen molar-refractivity contribution >= 4 is 18.4 Å². The maximum atomic E-state index is 10.5. The second-order valence-electron chi connectivity index (χ2n) is 1.76. The summed E-state index contributed by atoms with van der Waals surface area (Å²) in [5.41, 5.74) is 5.35. The molecule has 0 radical (unpaired) electrons. The maximum Gasteiger partial charge on any atom is 0.368 e. The molecule has 0 bridgehead atoms. The fourth-order valence-corrected chi connectivity index (χ4v) is 0.214. The zero-order valence-corrected chi connectivity index (χ0v) is 7.15. The van der Waals surface area contributed by atoms with E-state index in [1.807, 2.05) is 0 Å². The van der Waals surface area contributed by atoms with Crippen molar-refractivity contribution in [2.45, 2.75) is 6.92 Å². The molecule has 0 amide bonds. The van der Waals surface area contributed by atoms with Crippen molar-refractivity contribution in [3.8, 4) is 0 Å². The van der Waals surface area contributed by atoms with E-state index in [9.17, 15) is 4.79 Å². The molecular formula is C6H12ClNO3. The normalized spacial score (nSPS) is 8.18. The van der Waals surface area contributed by atoms with Gasteiger partial charge in [-0.3, -0.25) is 4.89 Å². The second kappa shape index (κ2) is 7.53. The summed E-state index contributed by atoms with van der Waals surface area (Å²) in [6.45, 7) is 5.41. The van der Waals surface area contributed by atoms with Crippen LogP contribution in [0.3, 0.4) is 0 Å². The van der Waals surface area contributed by atoms with Gasteiger partial charge in [0.25, 0.3) is 0 Å². The van der Waals surface area contributed by atoms with Crippen molar-refractivity contribution in [1.82, 2.24) is 0 Å². The second-order valence-corrected chi connectivity index (χ2v) is 1.76. The molecule has 0 aliphatic heterocycles. The molecule has 0 fully saturated rings. The van der Waals surface area contributed by atoms with Gasteiger partial charge in [-0.2, -0.15) is 4.89 Å². The Morgan fingerprint density at radius 1 is 1.64 bits per heavy atom. The predicted molar refractivity (Wildman–Crippen MR) is 43.2 cm³/mol. The van der Waals surface area contributed by atoms with E-state index in [4.69, 9.17) is 5.73 Å². The van der Waals surface area contributed by atoms with Crippen molar-refractivity contribution in [3.63, 3.8) is 0 Å². The summed E-state index contributed by atoms with van der Waals surface area (Å²) in [7, 11) is 0. The predicted octanol–water partition coefficient (Wildman–Crippen LogP) is 0.418. The SMILES string of the molecule is C=C(C)C(=O)OOCCN.Cl. The molecule has 0 spiro atoms. The van der Waals surface area contributed by atoms with Crippen LogP contribution in [0.5, 0.6) is 0 Å². The first-order valence-corrected chi connectivity index (χ1v) is 2.88. The zero-order valence-electron chi connectivity index (χ0n) is 6.33. The van der Waals surface area contributed by atoms with Crippen molar-refractivity contribution in [3.05, 3.63) is 12.2 Å². The highest BCUT2D eigenvalue weighted by atomic mass is 35.5. The molecule has 0 rings (SSSR count). The molecule has 0 unspecified atom stereocenters. The lowest BCUT2D eigenvalue weighted by molar-refractivity contribution is -0.266. The molecule has 2 N–H and O–H groups in total. The van der Waals surface area contributed by atoms with Crippen LogP contribution in [0.15, 0.2) is 12.2 Å². The number of nitrogens with two attached hydrogens (primary N) is 1. The Balaban J connectivity index is 0. The third kappa shape index (κ3) is 7.32. The molecule has 0 saturated carbocycles. The van der Waals surface area contributed by atoms with Crippen LogP contribution in [-0.2, 0) is 14.6 Å². The zero-order chi connectivity index (χ0) is 7.98. The van der Waals surface area contributed by atoms with Crippen LogP contribution in [-0.4, -0.2) is 19.1 Å². The summed E-state index contributed by atoms with van der Waals surface area (Å²) in [5.74, 6) is -0.562. The Bertz CT molecular complexity index is 138. The van der Waals surface area contributed by atoms with E-state index in [1.165, 1.54) is 6.92 Å². The van der Waals surface area contributed by atoms with Crippen LogP contribution in [0.4, 0.5) is 0 Å².